The van der Waals surface area contributed by atoms with Crippen LogP contribution in [0.3, 0.4) is 0 Å². The zero-order valence-corrected chi connectivity index (χ0v) is 12.3. The molecule has 20 heavy (non-hydrogen) atoms. The summed E-state index contributed by atoms with van der Waals surface area (Å²) in [6.45, 7) is 3.67. The minimum atomic E-state index is -3.62. The Hall–Kier alpha value is -1.50. The van der Waals surface area contributed by atoms with Crippen molar-refractivity contribution in [2.24, 2.45) is 5.41 Å². The van der Waals surface area contributed by atoms with E-state index in [9.17, 15) is 13.5 Å². The second-order valence-corrected chi connectivity index (χ2v) is 7.24. The van der Waals surface area contributed by atoms with Crippen LogP contribution in [0.25, 0.3) is 10.8 Å². The highest BCUT2D eigenvalue weighted by Crippen LogP contribution is 2.22. The molecule has 0 aliphatic rings. The molecule has 0 atom stereocenters. The lowest BCUT2D eigenvalue weighted by atomic mass is 9.96. The zero-order chi connectivity index (χ0) is 14.8. The van der Waals surface area contributed by atoms with E-state index in [-0.39, 0.29) is 18.0 Å². The molecule has 5 nitrogen and oxygen atoms in total. The summed E-state index contributed by atoms with van der Waals surface area (Å²) in [6, 6.07) is 6.76. The van der Waals surface area contributed by atoms with Crippen LogP contribution in [0, 0.1) is 5.41 Å². The van der Waals surface area contributed by atoms with Crippen LogP contribution in [0.1, 0.15) is 13.8 Å². The van der Waals surface area contributed by atoms with Gasteiger partial charge in [0.05, 0.1) is 4.90 Å². The predicted octanol–water partition coefficient (Wildman–Crippen LogP) is 1.53. The Kier molecular flexibility index (Phi) is 4.08. The fraction of sp³-hybridized carbons (Fsp3) is 0.357. The summed E-state index contributed by atoms with van der Waals surface area (Å²) in [5.41, 5.74) is -0.501. The van der Waals surface area contributed by atoms with E-state index in [2.05, 4.69) is 9.71 Å². The Balaban J connectivity index is 2.38. The molecule has 2 rings (SSSR count). The van der Waals surface area contributed by atoms with E-state index in [1.54, 1.807) is 44.4 Å². The maximum absolute atomic E-state index is 12.4. The highest BCUT2D eigenvalue weighted by molar-refractivity contribution is 7.89. The van der Waals surface area contributed by atoms with E-state index in [1.807, 2.05) is 6.07 Å². The molecule has 0 saturated heterocycles. The molecule has 0 fully saturated rings. The van der Waals surface area contributed by atoms with Crippen molar-refractivity contribution >= 4 is 20.8 Å². The number of rotatable bonds is 5. The van der Waals surface area contributed by atoms with Gasteiger partial charge in [-0.15, -0.1) is 0 Å². The minimum Gasteiger partial charge on any atom is -0.396 e. The van der Waals surface area contributed by atoms with Crippen molar-refractivity contribution in [3.05, 3.63) is 36.7 Å². The van der Waals surface area contributed by atoms with Gasteiger partial charge in [0.15, 0.2) is 0 Å². The Morgan fingerprint density at radius 3 is 2.75 bits per heavy atom. The molecule has 2 aromatic rings. The first-order valence-corrected chi connectivity index (χ1v) is 7.77. The van der Waals surface area contributed by atoms with Gasteiger partial charge < -0.3 is 5.11 Å². The summed E-state index contributed by atoms with van der Waals surface area (Å²) in [4.78, 5) is 4.21. The standard InChI is InChI=1S/C14H18N2O3S/c1-14(2,10-17)9-16-20(18,19)13-5-3-4-11-8-15-7-6-12(11)13/h3-8,16-17H,9-10H2,1-2H3. The van der Waals surface area contributed by atoms with Gasteiger partial charge in [-0.3, -0.25) is 4.98 Å². The summed E-state index contributed by atoms with van der Waals surface area (Å²) < 4.78 is 27.3. The fourth-order valence-electron chi connectivity index (χ4n) is 1.75. The zero-order valence-electron chi connectivity index (χ0n) is 11.5. The number of sulfonamides is 1. The average molecular weight is 294 g/mol. The number of hydrogen-bond acceptors (Lipinski definition) is 4. The molecule has 6 heteroatoms. The number of benzene rings is 1. The van der Waals surface area contributed by atoms with Crippen LogP contribution >= 0.6 is 0 Å². The molecular formula is C14H18N2O3S. The first-order valence-electron chi connectivity index (χ1n) is 6.29. The number of fused-ring (bicyclic) bond motifs is 1. The van der Waals surface area contributed by atoms with Crippen LogP contribution in [-0.4, -0.2) is 31.7 Å². The maximum atomic E-state index is 12.4. The fourth-order valence-corrected chi connectivity index (χ4v) is 3.22. The Bertz CT molecular complexity index is 706. The molecule has 0 aliphatic carbocycles. The second-order valence-electron chi connectivity index (χ2n) is 5.50. The highest BCUT2D eigenvalue weighted by atomic mass is 32.2. The molecule has 108 valence electrons. The molecule has 0 radical (unpaired) electrons. The SMILES string of the molecule is CC(C)(CO)CNS(=O)(=O)c1cccc2cnccc12. The minimum absolute atomic E-state index is 0.0883. The third-order valence-corrected chi connectivity index (χ3v) is 4.56. The van der Waals surface area contributed by atoms with Crippen molar-refractivity contribution in [2.45, 2.75) is 18.7 Å². The topological polar surface area (TPSA) is 79.3 Å². The van der Waals surface area contributed by atoms with Crippen LogP contribution in [0.4, 0.5) is 0 Å². The molecule has 2 N–H and O–H groups in total. The van der Waals surface area contributed by atoms with Crippen LogP contribution in [0.15, 0.2) is 41.6 Å². The first kappa shape index (κ1) is 14.9. The third-order valence-electron chi connectivity index (χ3n) is 3.10. The van der Waals surface area contributed by atoms with E-state index in [1.165, 1.54) is 0 Å². The maximum Gasteiger partial charge on any atom is 0.241 e. The molecule has 0 unspecified atom stereocenters. The largest absolute Gasteiger partial charge is 0.396 e. The Morgan fingerprint density at radius 1 is 1.30 bits per heavy atom. The Labute approximate surface area is 118 Å². The smallest absolute Gasteiger partial charge is 0.241 e. The number of pyridine rings is 1. The molecule has 0 spiro atoms. The number of aromatic nitrogens is 1. The highest BCUT2D eigenvalue weighted by Gasteiger charge is 2.22. The summed E-state index contributed by atoms with van der Waals surface area (Å²) in [7, 11) is -3.62. The molecule has 0 amide bonds. The third kappa shape index (κ3) is 3.15. The van der Waals surface area contributed by atoms with Gasteiger partial charge in [-0.1, -0.05) is 26.0 Å². The second kappa shape index (κ2) is 5.47. The number of aliphatic hydroxyl groups is 1. The van der Waals surface area contributed by atoms with Crippen molar-refractivity contribution in [3.8, 4) is 0 Å². The van der Waals surface area contributed by atoms with Crippen LogP contribution in [0.2, 0.25) is 0 Å². The van der Waals surface area contributed by atoms with E-state index in [0.29, 0.717) is 5.39 Å². The Morgan fingerprint density at radius 2 is 2.05 bits per heavy atom. The predicted molar refractivity (Wildman–Crippen MR) is 77.8 cm³/mol. The van der Waals surface area contributed by atoms with E-state index in [4.69, 9.17) is 0 Å². The summed E-state index contributed by atoms with van der Waals surface area (Å²) in [6.07, 6.45) is 3.20. The number of aliphatic hydroxyl groups excluding tert-OH is 1. The van der Waals surface area contributed by atoms with E-state index >= 15 is 0 Å². The van der Waals surface area contributed by atoms with Crippen molar-refractivity contribution in [3.63, 3.8) is 0 Å². The summed E-state index contributed by atoms with van der Waals surface area (Å²) >= 11 is 0. The molecule has 1 heterocycles. The van der Waals surface area contributed by atoms with Crippen molar-refractivity contribution in [1.29, 1.82) is 0 Å². The number of nitrogens with one attached hydrogen (secondary N) is 1. The number of nitrogens with zero attached hydrogens (tertiary/aromatic N) is 1. The van der Waals surface area contributed by atoms with Gasteiger partial charge in [0.1, 0.15) is 0 Å². The van der Waals surface area contributed by atoms with Crippen LogP contribution in [0.5, 0.6) is 0 Å². The molecule has 0 saturated carbocycles. The van der Waals surface area contributed by atoms with Gasteiger partial charge in [0.25, 0.3) is 0 Å². The van der Waals surface area contributed by atoms with E-state index in [0.717, 1.165) is 5.39 Å². The average Bonchev–Trinajstić information content (AvgIpc) is 2.45. The van der Waals surface area contributed by atoms with Gasteiger partial charge in [0.2, 0.25) is 10.0 Å². The lowest BCUT2D eigenvalue weighted by Gasteiger charge is -2.22. The molecule has 1 aromatic carbocycles. The molecule has 0 bridgehead atoms. The van der Waals surface area contributed by atoms with Gasteiger partial charge in [0, 0.05) is 41.7 Å². The number of hydrogen-bond donors (Lipinski definition) is 2. The van der Waals surface area contributed by atoms with Crippen LogP contribution < -0.4 is 4.72 Å². The van der Waals surface area contributed by atoms with Gasteiger partial charge in [-0.05, 0) is 12.1 Å². The van der Waals surface area contributed by atoms with E-state index < -0.39 is 15.4 Å². The van der Waals surface area contributed by atoms with Crippen LogP contribution in [-0.2, 0) is 10.0 Å². The van der Waals surface area contributed by atoms with Crippen molar-refractivity contribution in [1.82, 2.24) is 9.71 Å². The first-order chi connectivity index (χ1) is 9.36. The molecular weight excluding hydrogens is 276 g/mol. The summed E-state index contributed by atoms with van der Waals surface area (Å²) in [5.74, 6) is 0. The molecule has 1 aromatic heterocycles. The molecule has 0 aliphatic heterocycles. The van der Waals surface area contributed by atoms with Crippen molar-refractivity contribution in [2.75, 3.05) is 13.2 Å². The van der Waals surface area contributed by atoms with Gasteiger partial charge >= 0.3 is 0 Å². The van der Waals surface area contributed by atoms with Crippen molar-refractivity contribution < 1.29 is 13.5 Å². The van der Waals surface area contributed by atoms with Gasteiger partial charge in [-0.2, -0.15) is 0 Å². The lowest BCUT2D eigenvalue weighted by molar-refractivity contribution is 0.163. The summed E-state index contributed by atoms with van der Waals surface area (Å²) in [5, 5.41) is 10.6. The lowest BCUT2D eigenvalue weighted by Crippen LogP contribution is -2.36. The van der Waals surface area contributed by atoms with Gasteiger partial charge in [-0.25, -0.2) is 13.1 Å². The monoisotopic (exact) mass is 294 g/mol. The quantitative estimate of drug-likeness (QED) is 0.876. The normalized spacial score (nSPS) is 12.8.